The maximum absolute atomic E-state index is 13.3. The van der Waals surface area contributed by atoms with Gasteiger partial charge >= 0.3 is 6.18 Å². The quantitative estimate of drug-likeness (QED) is 0.865. The number of rotatable bonds is 2. The van der Waals surface area contributed by atoms with E-state index in [-0.39, 0.29) is 0 Å². The van der Waals surface area contributed by atoms with Gasteiger partial charge in [0.1, 0.15) is 6.54 Å². The van der Waals surface area contributed by atoms with Crippen LogP contribution in [0.3, 0.4) is 0 Å². The minimum atomic E-state index is -4.32. The first-order valence-electron chi connectivity index (χ1n) is 8.07. The van der Waals surface area contributed by atoms with Gasteiger partial charge in [0.15, 0.2) is 0 Å². The van der Waals surface area contributed by atoms with E-state index in [9.17, 15) is 13.2 Å². The third kappa shape index (κ3) is 2.74. The third-order valence-electron chi connectivity index (χ3n) is 4.69. The number of nitrogens with one attached hydrogen (secondary N) is 1. The molecule has 2 aliphatic rings. The van der Waals surface area contributed by atoms with Crippen molar-refractivity contribution < 1.29 is 13.2 Å². The van der Waals surface area contributed by atoms with E-state index in [1.54, 1.807) is 48.9 Å². The van der Waals surface area contributed by atoms with Crippen molar-refractivity contribution in [2.75, 3.05) is 16.8 Å². The molecule has 1 atom stereocenters. The fourth-order valence-corrected chi connectivity index (χ4v) is 4.00. The number of aromatic nitrogens is 1. The SMILES string of the molecule is CC1=c2c(ccc3c2=C(Cl)C=CN3)N(CC(F)(F)F)C1c1ccncc1. The first-order valence-corrected chi connectivity index (χ1v) is 8.44. The van der Waals surface area contributed by atoms with Gasteiger partial charge in [0.25, 0.3) is 0 Å². The first kappa shape index (κ1) is 17.0. The summed E-state index contributed by atoms with van der Waals surface area (Å²) >= 11 is 6.40. The number of pyridine rings is 1. The topological polar surface area (TPSA) is 28.2 Å². The molecule has 4 rings (SSSR count). The molecule has 2 aromatic rings. The Hall–Kier alpha value is -2.47. The monoisotopic (exact) mass is 377 g/mol. The summed E-state index contributed by atoms with van der Waals surface area (Å²) in [6, 6.07) is 6.47. The molecule has 0 radical (unpaired) electrons. The van der Waals surface area contributed by atoms with Crippen LogP contribution in [0.1, 0.15) is 18.5 Å². The van der Waals surface area contributed by atoms with Crippen LogP contribution in [-0.4, -0.2) is 17.7 Å². The molecule has 3 heterocycles. The molecule has 7 heteroatoms. The Kier molecular flexibility index (Phi) is 3.95. The summed E-state index contributed by atoms with van der Waals surface area (Å²) in [4.78, 5) is 5.37. The van der Waals surface area contributed by atoms with Crippen molar-refractivity contribution in [2.24, 2.45) is 0 Å². The molecule has 0 amide bonds. The number of nitrogens with zero attached hydrogens (tertiary/aromatic N) is 2. The molecule has 0 spiro atoms. The Bertz CT molecular complexity index is 1010. The van der Waals surface area contributed by atoms with E-state index >= 15 is 0 Å². The van der Waals surface area contributed by atoms with E-state index in [0.717, 1.165) is 27.3 Å². The smallest absolute Gasteiger partial charge is 0.361 e. The number of hydrogen-bond acceptors (Lipinski definition) is 3. The molecule has 134 valence electrons. The zero-order valence-corrected chi connectivity index (χ0v) is 14.6. The Morgan fingerprint density at radius 2 is 1.88 bits per heavy atom. The van der Waals surface area contributed by atoms with Crippen molar-refractivity contribution in [3.63, 3.8) is 0 Å². The minimum Gasteiger partial charge on any atom is -0.361 e. The van der Waals surface area contributed by atoms with E-state index in [0.29, 0.717) is 10.7 Å². The lowest BCUT2D eigenvalue weighted by atomic mass is 10.00. The Labute approximate surface area is 153 Å². The van der Waals surface area contributed by atoms with E-state index in [1.807, 2.05) is 6.92 Å². The average molecular weight is 378 g/mol. The molecule has 2 aliphatic heterocycles. The predicted octanol–water partition coefficient (Wildman–Crippen LogP) is 3.66. The maximum atomic E-state index is 13.3. The lowest BCUT2D eigenvalue weighted by Gasteiger charge is -2.30. The minimum absolute atomic E-state index is 0.511. The van der Waals surface area contributed by atoms with Gasteiger partial charge in [-0.15, -0.1) is 0 Å². The van der Waals surface area contributed by atoms with Crippen LogP contribution in [0.5, 0.6) is 0 Å². The van der Waals surface area contributed by atoms with Crippen molar-refractivity contribution in [1.82, 2.24) is 4.98 Å². The highest BCUT2D eigenvalue weighted by atomic mass is 35.5. The molecular formula is C19H15ClF3N3. The molecule has 26 heavy (non-hydrogen) atoms. The standard InChI is InChI=1S/C19H15ClF3N3/c1-11-16-15(3-2-14-17(16)13(20)6-9-25-14)26(10-19(21,22)23)18(11)12-4-7-24-8-5-12/h2-9,18,25H,10H2,1H3. The summed E-state index contributed by atoms with van der Waals surface area (Å²) < 4.78 is 39.9. The van der Waals surface area contributed by atoms with E-state index < -0.39 is 18.8 Å². The zero-order valence-electron chi connectivity index (χ0n) is 13.8. The summed E-state index contributed by atoms with van der Waals surface area (Å²) in [7, 11) is 0. The molecule has 3 nitrogen and oxygen atoms in total. The molecule has 0 fully saturated rings. The Morgan fingerprint density at radius 3 is 2.58 bits per heavy atom. The highest BCUT2D eigenvalue weighted by Crippen LogP contribution is 2.38. The highest BCUT2D eigenvalue weighted by molar-refractivity contribution is 6.47. The van der Waals surface area contributed by atoms with Crippen LogP contribution in [0, 0.1) is 0 Å². The Balaban J connectivity index is 2.02. The molecule has 1 aromatic heterocycles. The van der Waals surface area contributed by atoms with Crippen LogP contribution in [0.25, 0.3) is 10.6 Å². The second kappa shape index (κ2) is 6.06. The van der Waals surface area contributed by atoms with Crippen molar-refractivity contribution in [3.05, 3.63) is 64.9 Å². The summed E-state index contributed by atoms with van der Waals surface area (Å²) in [6.45, 7) is 0.826. The summed E-state index contributed by atoms with van der Waals surface area (Å²) in [5.41, 5.74) is 2.93. The highest BCUT2D eigenvalue weighted by Gasteiger charge is 2.39. The largest absolute Gasteiger partial charge is 0.405 e. The van der Waals surface area contributed by atoms with Crippen LogP contribution in [0.4, 0.5) is 24.5 Å². The van der Waals surface area contributed by atoms with Gasteiger partial charge in [-0.2, -0.15) is 13.2 Å². The summed E-state index contributed by atoms with van der Waals surface area (Å²) in [5.74, 6) is 0. The normalized spacial score (nSPS) is 18.7. The van der Waals surface area contributed by atoms with Gasteiger partial charge < -0.3 is 10.2 Å². The molecule has 0 aliphatic carbocycles. The zero-order chi connectivity index (χ0) is 18.5. The van der Waals surface area contributed by atoms with Gasteiger partial charge in [0, 0.05) is 40.4 Å². The molecule has 0 saturated heterocycles. The average Bonchev–Trinajstić information content (AvgIpc) is 2.86. The van der Waals surface area contributed by atoms with Gasteiger partial charge in [-0.1, -0.05) is 11.6 Å². The number of halogens is 4. The number of benzene rings is 1. The number of fused-ring (bicyclic) bond motifs is 3. The molecule has 0 bridgehead atoms. The van der Waals surface area contributed by atoms with Crippen LogP contribution in [0.15, 0.2) is 48.9 Å². The predicted molar refractivity (Wildman–Crippen MR) is 97.2 cm³/mol. The van der Waals surface area contributed by atoms with Crippen molar-refractivity contribution in [3.8, 4) is 0 Å². The third-order valence-corrected chi connectivity index (χ3v) is 5.00. The first-order chi connectivity index (χ1) is 12.4. The van der Waals surface area contributed by atoms with Gasteiger partial charge in [-0.05, 0) is 48.4 Å². The molecule has 1 unspecified atom stereocenters. The summed E-state index contributed by atoms with van der Waals surface area (Å²) in [6.07, 6.45) is 2.29. The van der Waals surface area contributed by atoms with Crippen LogP contribution < -0.4 is 20.7 Å². The molecular weight excluding hydrogens is 363 g/mol. The number of anilines is 2. The Morgan fingerprint density at radius 1 is 1.15 bits per heavy atom. The number of allylic oxidation sites excluding steroid dienone is 1. The van der Waals surface area contributed by atoms with E-state index in [2.05, 4.69) is 10.3 Å². The number of hydrogen-bond donors (Lipinski definition) is 1. The van der Waals surface area contributed by atoms with Gasteiger partial charge in [0.05, 0.1) is 11.1 Å². The second-order valence-corrected chi connectivity index (χ2v) is 6.72. The van der Waals surface area contributed by atoms with Crippen molar-refractivity contribution in [1.29, 1.82) is 0 Å². The van der Waals surface area contributed by atoms with Gasteiger partial charge in [-0.3, -0.25) is 4.98 Å². The van der Waals surface area contributed by atoms with Crippen LogP contribution in [0.2, 0.25) is 0 Å². The van der Waals surface area contributed by atoms with Gasteiger partial charge in [0.2, 0.25) is 0 Å². The molecule has 0 saturated carbocycles. The van der Waals surface area contributed by atoms with Crippen molar-refractivity contribution in [2.45, 2.75) is 19.1 Å². The lowest BCUT2D eigenvalue weighted by Crippen LogP contribution is -2.37. The van der Waals surface area contributed by atoms with Gasteiger partial charge in [-0.25, -0.2) is 0 Å². The van der Waals surface area contributed by atoms with Crippen LogP contribution >= 0.6 is 11.6 Å². The number of alkyl halides is 3. The van der Waals surface area contributed by atoms with Crippen molar-refractivity contribution >= 4 is 33.6 Å². The fourth-order valence-electron chi connectivity index (χ4n) is 3.74. The maximum Gasteiger partial charge on any atom is 0.405 e. The van der Waals surface area contributed by atoms with E-state index in [1.165, 1.54) is 4.90 Å². The summed E-state index contributed by atoms with van der Waals surface area (Å²) in [5, 5.41) is 5.13. The lowest BCUT2D eigenvalue weighted by molar-refractivity contribution is -0.120. The fraction of sp³-hybridized carbons (Fsp3) is 0.211. The molecule has 1 aromatic carbocycles. The van der Waals surface area contributed by atoms with Crippen LogP contribution in [-0.2, 0) is 0 Å². The van der Waals surface area contributed by atoms with E-state index in [4.69, 9.17) is 11.6 Å². The second-order valence-electron chi connectivity index (χ2n) is 6.32. The molecule has 1 N–H and O–H groups in total.